The molecule has 1 aromatic rings. The number of aryl methyl sites for hydroxylation is 1. The van der Waals surface area contributed by atoms with Gasteiger partial charge in [-0.3, -0.25) is 0 Å². The molecule has 8 nitrogen and oxygen atoms in total. The van der Waals surface area contributed by atoms with Crippen LogP contribution in [0.15, 0.2) is 4.90 Å². The second kappa shape index (κ2) is 3.46. The van der Waals surface area contributed by atoms with Crippen molar-refractivity contribution >= 4 is 16.0 Å². The third-order valence-electron chi connectivity index (χ3n) is 2.10. The number of carboxylic acids is 1. The predicted octanol–water partition coefficient (Wildman–Crippen LogP) is -0.989. The Morgan fingerprint density at radius 1 is 1.56 bits per heavy atom. The third-order valence-corrected chi connectivity index (χ3v) is 3.04. The minimum atomic E-state index is -4.17. The topological polar surface area (TPSA) is 125 Å². The summed E-state index contributed by atoms with van der Waals surface area (Å²) >= 11 is 0. The lowest BCUT2D eigenvalue weighted by Crippen LogP contribution is -2.19. The van der Waals surface area contributed by atoms with Crippen LogP contribution in [0.5, 0.6) is 5.88 Å². The predicted molar refractivity (Wildman–Crippen MR) is 50.7 cm³/mol. The number of hydrogen-bond donors (Lipinski definition) is 2. The highest BCUT2D eigenvalue weighted by Gasteiger charge is 2.32. The van der Waals surface area contributed by atoms with E-state index in [0.717, 1.165) is 0 Å². The minimum absolute atomic E-state index is 0.0915. The Kier molecular flexibility index (Phi) is 2.35. The molecule has 88 valence electrons. The van der Waals surface area contributed by atoms with E-state index in [1.54, 1.807) is 0 Å². The van der Waals surface area contributed by atoms with Gasteiger partial charge in [0.2, 0.25) is 15.9 Å². The van der Waals surface area contributed by atoms with Gasteiger partial charge in [-0.2, -0.15) is 5.10 Å². The van der Waals surface area contributed by atoms with E-state index in [-0.39, 0.29) is 5.88 Å². The summed E-state index contributed by atoms with van der Waals surface area (Å²) in [7, 11) is -4.17. The van der Waals surface area contributed by atoms with Gasteiger partial charge in [0, 0.05) is 13.0 Å². The molecule has 3 N–H and O–H groups in total. The summed E-state index contributed by atoms with van der Waals surface area (Å²) in [5, 5.41) is 17.4. The molecule has 0 fully saturated rings. The first-order valence-electron chi connectivity index (χ1n) is 4.41. The molecule has 0 bridgehead atoms. The molecule has 1 aliphatic rings. The molecule has 9 heteroatoms. The molecule has 0 radical (unpaired) electrons. The number of hydrogen-bond acceptors (Lipinski definition) is 5. The van der Waals surface area contributed by atoms with E-state index in [2.05, 4.69) is 5.10 Å². The molecule has 2 rings (SSSR count). The molecule has 1 aromatic heterocycles. The molecule has 0 aromatic carbocycles. The second-order valence-corrected chi connectivity index (χ2v) is 4.76. The largest absolute Gasteiger partial charge is 0.477 e. The highest BCUT2D eigenvalue weighted by atomic mass is 32.2. The van der Waals surface area contributed by atoms with Crippen LogP contribution in [0, 0.1) is 0 Å². The second-order valence-electron chi connectivity index (χ2n) is 3.26. The maximum absolute atomic E-state index is 11.3. The van der Waals surface area contributed by atoms with Crippen LogP contribution in [-0.4, -0.2) is 35.9 Å². The molecular formula is C7H9N3O5S. The minimum Gasteiger partial charge on any atom is -0.477 e. The van der Waals surface area contributed by atoms with Gasteiger partial charge in [-0.25, -0.2) is 23.0 Å². The number of carbonyl (C=O) groups is 1. The molecule has 16 heavy (non-hydrogen) atoms. The van der Waals surface area contributed by atoms with E-state index in [1.807, 2.05) is 0 Å². The summed E-state index contributed by atoms with van der Waals surface area (Å²) in [6.45, 7) is 0.721. The Labute approximate surface area is 90.7 Å². The Morgan fingerprint density at radius 2 is 2.25 bits per heavy atom. The number of fused-ring (bicyclic) bond motifs is 1. The number of nitrogens with zero attached hydrogens (tertiary/aromatic N) is 2. The van der Waals surface area contributed by atoms with Gasteiger partial charge in [-0.1, -0.05) is 0 Å². The van der Waals surface area contributed by atoms with E-state index in [1.165, 1.54) is 4.68 Å². The van der Waals surface area contributed by atoms with E-state index >= 15 is 0 Å². The van der Waals surface area contributed by atoms with Gasteiger partial charge < -0.3 is 9.84 Å². The summed E-state index contributed by atoms with van der Waals surface area (Å²) in [6.07, 6.45) is 0.637. The number of aromatic carboxylic acids is 1. The monoisotopic (exact) mass is 247 g/mol. The van der Waals surface area contributed by atoms with Crippen molar-refractivity contribution in [1.82, 2.24) is 9.78 Å². The standard InChI is InChI=1S/C7H9N3O5S/c8-16(13,14)5-4(7(11)12)9-10-2-1-3-15-6(5)10/h1-3H2,(H,11,12)(H2,8,13,14). The van der Waals surface area contributed by atoms with Gasteiger partial charge >= 0.3 is 5.97 Å². The summed E-state index contributed by atoms with van der Waals surface area (Å²) in [5.41, 5.74) is -0.598. The zero-order valence-electron chi connectivity index (χ0n) is 8.08. The number of rotatable bonds is 2. The SMILES string of the molecule is NS(=O)(=O)c1c(C(=O)O)nn2c1OCCC2. The Bertz CT molecular complexity index is 547. The van der Waals surface area contributed by atoms with Crippen molar-refractivity contribution in [2.24, 2.45) is 5.14 Å². The zero-order valence-corrected chi connectivity index (χ0v) is 8.90. The molecule has 1 aliphatic heterocycles. The Hall–Kier alpha value is -1.61. The molecule has 0 spiro atoms. The third kappa shape index (κ3) is 1.63. The molecule has 0 atom stereocenters. The van der Waals surface area contributed by atoms with Crippen molar-refractivity contribution in [3.05, 3.63) is 5.69 Å². The zero-order chi connectivity index (χ0) is 11.9. The average molecular weight is 247 g/mol. The molecular weight excluding hydrogens is 238 g/mol. The molecule has 0 aliphatic carbocycles. The smallest absolute Gasteiger partial charge is 0.357 e. The number of ether oxygens (including phenoxy) is 1. The summed E-state index contributed by atoms with van der Waals surface area (Å²) in [5.74, 6) is -1.54. The van der Waals surface area contributed by atoms with Crippen LogP contribution < -0.4 is 9.88 Å². The fraction of sp³-hybridized carbons (Fsp3) is 0.429. The summed E-state index contributed by atoms with van der Waals surface area (Å²) < 4.78 is 28.8. The lowest BCUT2D eigenvalue weighted by Gasteiger charge is -2.14. The number of primary sulfonamides is 1. The summed E-state index contributed by atoms with van der Waals surface area (Å²) in [4.78, 5) is 10.3. The van der Waals surface area contributed by atoms with Crippen molar-refractivity contribution < 1.29 is 23.1 Å². The maximum atomic E-state index is 11.3. The molecule has 0 saturated heterocycles. The molecule has 0 amide bonds. The molecule has 0 unspecified atom stereocenters. The van der Waals surface area contributed by atoms with Crippen LogP contribution in [0.4, 0.5) is 0 Å². The van der Waals surface area contributed by atoms with E-state index < -0.39 is 26.6 Å². The van der Waals surface area contributed by atoms with E-state index in [4.69, 9.17) is 15.0 Å². The van der Waals surface area contributed by atoms with Crippen molar-refractivity contribution in [1.29, 1.82) is 0 Å². The number of sulfonamides is 1. The fourth-order valence-electron chi connectivity index (χ4n) is 1.50. The lowest BCUT2D eigenvalue weighted by atomic mass is 10.4. The van der Waals surface area contributed by atoms with Crippen molar-refractivity contribution in [2.45, 2.75) is 17.9 Å². The van der Waals surface area contributed by atoms with Crippen LogP contribution in [-0.2, 0) is 16.6 Å². The quantitative estimate of drug-likeness (QED) is 0.691. The van der Waals surface area contributed by atoms with Crippen molar-refractivity contribution in [2.75, 3.05) is 6.61 Å². The highest BCUT2D eigenvalue weighted by Crippen LogP contribution is 2.29. The normalized spacial score (nSPS) is 15.3. The van der Waals surface area contributed by atoms with E-state index in [0.29, 0.717) is 19.6 Å². The number of carboxylic acid groups (broad SMARTS) is 1. The first-order valence-corrected chi connectivity index (χ1v) is 5.95. The van der Waals surface area contributed by atoms with Crippen LogP contribution in [0.2, 0.25) is 0 Å². The van der Waals surface area contributed by atoms with Gasteiger partial charge in [0.05, 0.1) is 6.61 Å². The van der Waals surface area contributed by atoms with Crippen molar-refractivity contribution in [3.63, 3.8) is 0 Å². The van der Waals surface area contributed by atoms with Gasteiger partial charge in [0.25, 0.3) is 0 Å². The van der Waals surface area contributed by atoms with Gasteiger partial charge in [0.1, 0.15) is 0 Å². The van der Waals surface area contributed by atoms with Crippen LogP contribution >= 0.6 is 0 Å². The van der Waals surface area contributed by atoms with Crippen molar-refractivity contribution in [3.8, 4) is 5.88 Å². The first kappa shape index (κ1) is 10.9. The van der Waals surface area contributed by atoms with Crippen LogP contribution in [0.1, 0.15) is 16.9 Å². The van der Waals surface area contributed by atoms with Gasteiger partial charge in [-0.15, -0.1) is 0 Å². The Balaban J connectivity index is 2.72. The fourth-order valence-corrected chi connectivity index (χ4v) is 2.31. The van der Waals surface area contributed by atoms with Crippen LogP contribution in [0.25, 0.3) is 0 Å². The van der Waals surface area contributed by atoms with Gasteiger partial charge in [-0.05, 0) is 0 Å². The molecule has 0 saturated carbocycles. The number of nitrogens with two attached hydrogens (primary N) is 1. The highest BCUT2D eigenvalue weighted by molar-refractivity contribution is 7.89. The van der Waals surface area contributed by atoms with Crippen LogP contribution in [0.3, 0.4) is 0 Å². The summed E-state index contributed by atoms with van der Waals surface area (Å²) in [6, 6.07) is 0. The van der Waals surface area contributed by atoms with Gasteiger partial charge in [0.15, 0.2) is 10.6 Å². The first-order chi connectivity index (χ1) is 7.41. The molecule has 2 heterocycles. The maximum Gasteiger partial charge on any atom is 0.357 e. The van der Waals surface area contributed by atoms with E-state index in [9.17, 15) is 13.2 Å². The number of aromatic nitrogens is 2. The lowest BCUT2D eigenvalue weighted by molar-refractivity contribution is 0.0685. The average Bonchev–Trinajstić information content (AvgIpc) is 2.55. The Morgan fingerprint density at radius 3 is 2.81 bits per heavy atom.